The number of rotatable bonds is 8. The fourth-order valence-electron chi connectivity index (χ4n) is 4.30. The van der Waals surface area contributed by atoms with Gasteiger partial charge in [0.05, 0.1) is 29.5 Å². The number of hydrogen-bond acceptors (Lipinski definition) is 7. The first-order valence-corrected chi connectivity index (χ1v) is 11.6. The Morgan fingerprint density at radius 1 is 1.24 bits per heavy atom. The maximum absolute atomic E-state index is 12.9. The molecule has 1 aromatic carbocycles. The van der Waals surface area contributed by atoms with Gasteiger partial charge in [-0.2, -0.15) is 13.2 Å². The van der Waals surface area contributed by atoms with Crippen molar-refractivity contribution in [2.24, 2.45) is 7.05 Å². The van der Waals surface area contributed by atoms with Crippen LogP contribution >= 0.6 is 11.6 Å². The highest BCUT2D eigenvalue weighted by Crippen LogP contribution is 2.45. The van der Waals surface area contributed by atoms with E-state index in [9.17, 15) is 18.3 Å². The summed E-state index contributed by atoms with van der Waals surface area (Å²) in [7, 11) is 4.67. The van der Waals surface area contributed by atoms with E-state index >= 15 is 0 Å². The summed E-state index contributed by atoms with van der Waals surface area (Å²) in [4.78, 5) is 8.67. The average Bonchev–Trinajstić information content (AvgIpc) is 3.15. The fourth-order valence-corrected chi connectivity index (χ4v) is 4.58. The maximum Gasteiger partial charge on any atom is 0.422 e. The van der Waals surface area contributed by atoms with Crippen molar-refractivity contribution in [1.29, 1.82) is 5.41 Å². The number of nitrogens with zero attached hydrogens (tertiary/aromatic N) is 3. The number of imidazole rings is 1. The van der Waals surface area contributed by atoms with E-state index in [0.29, 0.717) is 33.9 Å². The van der Waals surface area contributed by atoms with Gasteiger partial charge in [-0.25, -0.2) is 9.97 Å². The number of methoxy groups -OCH3 is 1. The Balaban J connectivity index is 2.43. The molecular formula is C25H29ClF3N5O3. The van der Waals surface area contributed by atoms with E-state index in [2.05, 4.69) is 15.3 Å². The lowest BCUT2D eigenvalue weighted by atomic mass is 9.79. The zero-order valence-electron chi connectivity index (χ0n) is 21.6. The molecule has 0 radical (unpaired) electrons. The Hall–Kier alpha value is -3.31. The first-order valence-electron chi connectivity index (χ1n) is 11.2. The van der Waals surface area contributed by atoms with Crippen LogP contribution in [0, 0.1) is 19.3 Å². The summed E-state index contributed by atoms with van der Waals surface area (Å²) in [5.74, 6) is 0.0650. The van der Waals surface area contributed by atoms with E-state index in [4.69, 9.17) is 26.5 Å². The lowest BCUT2D eigenvalue weighted by molar-refractivity contribution is -0.153. The van der Waals surface area contributed by atoms with Crippen molar-refractivity contribution in [2.45, 2.75) is 39.5 Å². The van der Waals surface area contributed by atoms with Gasteiger partial charge >= 0.3 is 6.18 Å². The van der Waals surface area contributed by atoms with Crippen molar-refractivity contribution in [1.82, 2.24) is 19.9 Å². The predicted octanol–water partition coefficient (Wildman–Crippen LogP) is 4.96. The SMILES string of the molecule is CN/C(C)=C(\C(C)=N)C(O)(c1cc(C)c2nc(OC)c(OCC(F)(F)F)c(Cl)c2c1)c1cnc(C)n1C. The van der Waals surface area contributed by atoms with Gasteiger partial charge in [-0.1, -0.05) is 17.7 Å². The Bertz CT molecular complexity index is 1400. The van der Waals surface area contributed by atoms with Crippen molar-refractivity contribution < 1.29 is 27.8 Å². The molecule has 2 heterocycles. The number of benzene rings is 1. The van der Waals surface area contributed by atoms with Gasteiger partial charge < -0.3 is 29.9 Å². The minimum Gasteiger partial charge on any atom is -0.478 e. The number of allylic oxidation sites excluding steroid dienone is 1. The standard InChI is InChI=1S/C25H29ClF3N5O3/c1-12-8-16(9-17-20(26)22(37-11-24(27,28)29)23(36-7)33-21(12)17)25(35,18-10-32-15(4)34(18)6)19(13(2)30)14(3)31-5/h8-10,30-31,35H,11H2,1-7H3/b19-14+,30-13?. The molecule has 0 saturated carbocycles. The van der Waals surface area contributed by atoms with Crippen molar-refractivity contribution in [3.63, 3.8) is 0 Å². The third-order valence-corrected chi connectivity index (χ3v) is 6.59. The van der Waals surface area contributed by atoms with E-state index < -0.39 is 18.4 Å². The van der Waals surface area contributed by atoms with Gasteiger partial charge in [0, 0.05) is 36.5 Å². The summed E-state index contributed by atoms with van der Waals surface area (Å²) >= 11 is 6.58. The molecule has 0 amide bonds. The third-order valence-electron chi connectivity index (χ3n) is 6.21. The molecule has 8 nitrogen and oxygen atoms in total. The topological polar surface area (TPSA) is 105 Å². The Kier molecular flexibility index (Phi) is 7.80. The maximum atomic E-state index is 12.9. The van der Waals surface area contributed by atoms with Gasteiger partial charge in [0.2, 0.25) is 5.75 Å². The van der Waals surface area contributed by atoms with Crippen LogP contribution in [0.15, 0.2) is 29.6 Å². The number of aromatic nitrogens is 3. The van der Waals surface area contributed by atoms with Crippen LogP contribution in [0.5, 0.6) is 11.6 Å². The first-order chi connectivity index (χ1) is 17.2. The van der Waals surface area contributed by atoms with Crippen LogP contribution in [0.3, 0.4) is 0 Å². The second-order valence-corrected chi connectivity index (χ2v) is 9.07. The normalized spacial score (nSPS) is 14.3. The number of ether oxygens (including phenoxy) is 2. The Morgan fingerprint density at radius 3 is 2.38 bits per heavy atom. The number of aryl methyl sites for hydroxylation is 2. The second-order valence-electron chi connectivity index (χ2n) is 8.69. The van der Waals surface area contributed by atoms with Crippen LogP contribution in [0.25, 0.3) is 10.9 Å². The summed E-state index contributed by atoms with van der Waals surface area (Å²) in [6.45, 7) is 5.21. The van der Waals surface area contributed by atoms with Crippen molar-refractivity contribution >= 4 is 28.2 Å². The minimum atomic E-state index is -4.61. The van der Waals surface area contributed by atoms with Crippen LogP contribution in [0.2, 0.25) is 5.02 Å². The smallest absolute Gasteiger partial charge is 0.422 e. The zero-order valence-corrected chi connectivity index (χ0v) is 22.3. The predicted molar refractivity (Wildman–Crippen MR) is 136 cm³/mol. The lowest BCUT2D eigenvalue weighted by Crippen LogP contribution is -2.37. The zero-order chi connectivity index (χ0) is 27.9. The van der Waals surface area contributed by atoms with Crippen LogP contribution in [-0.2, 0) is 12.6 Å². The average molecular weight is 540 g/mol. The van der Waals surface area contributed by atoms with Crippen molar-refractivity contribution in [3.05, 3.63) is 57.3 Å². The summed E-state index contributed by atoms with van der Waals surface area (Å²) in [6, 6.07) is 3.22. The van der Waals surface area contributed by atoms with Gasteiger partial charge in [-0.3, -0.25) is 0 Å². The van der Waals surface area contributed by atoms with E-state index in [1.165, 1.54) is 19.4 Å². The summed E-state index contributed by atoms with van der Waals surface area (Å²) in [5, 5.41) is 24.1. The molecule has 3 rings (SSSR count). The molecule has 0 spiro atoms. The molecule has 200 valence electrons. The molecule has 3 aromatic rings. The van der Waals surface area contributed by atoms with Gasteiger partial charge in [0.1, 0.15) is 5.82 Å². The van der Waals surface area contributed by atoms with Crippen molar-refractivity contribution in [3.8, 4) is 11.6 Å². The highest BCUT2D eigenvalue weighted by molar-refractivity contribution is 6.37. The van der Waals surface area contributed by atoms with E-state index in [1.807, 2.05) is 0 Å². The number of aliphatic hydroxyl groups is 1. The first kappa shape index (κ1) is 28.3. The molecular weight excluding hydrogens is 511 g/mol. The number of halogens is 4. The van der Waals surface area contributed by atoms with Gasteiger partial charge in [-0.15, -0.1) is 0 Å². The Labute approximate surface area is 217 Å². The highest BCUT2D eigenvalue weighted by Gasteiger charge is 2.42. The van der Waals surface area contributed by atoms with E-state index in [1.54, 1.807) is 52.4 Å². The summed E-state index contributed by atoms with van der Waals surface area (Å²) in [6.07, 6.45) is -3.09. The minimum absolute atomic E-state index is 0.0964. The van der Waals surface area contributed by atoms with E-state index in [-0.39, 0.29) is 33.3 Å². The molecule has 0 aliphatic heterocycles. The number of hydrogen-bond donors (Lipinski definition) is 3. The molecule has 0 saturated heterocycles. The lowest BCUT2D eigenvalue weighted by Gasteiger charge is -2.34. The summed E-state index contributed by atoms with van der Waals surface area (Å²) in [5.41, 5.74) is 0.650. The van der Waals surface area contributed by atoms with Gasteiger partial charge in [-0.05, 0) is 44.9 Å². The number of fused-ring (bicyclic) bond motifs is 1. The number of alkyl halides is 3. The molecule has 37 heavy (non-hydrogen) atoms. The van der Waals surface area contributed by atoms with Crippen molar-refractivity contribution in [2.75, 3.05) is 20.8 Å². The Morgan fingerprint density at radius 2 is 1.89 bits per heavy atom. The molecule has 12 heteroatoms. The van der Waals surface area contributed by atoms with Gasteiger partial charge in [0.15, 0.2) is 12.2 Å². The quantitative estimate of drug-likeness (QED) is 0.350. The van der Waals surface area contributed by atoms with Crippen LogP contribution < -0.4 is 14.8 Å². The molecule has 1 atom stereocenters. The highest BCUT2D eigenvalue weighted by atomic mass is 35.5. The molecule has 0 bridgehead atoms. The van der Waals surface area contributed by atoms with Crippen LogP contribution in [0.1, 0.15) is 36.5 Å². The molecule has 3 N–H and O–H groups in total. The number of pyridine rings is 1. The van der Waals surface area contributed by atoms with Crippen LogP contribution in [-0.4, -0.2) is 52.3 Å². The molecule has 0 aliphatic rings. The number of nitrogens with one attached hydrogen (secondary N) is 2. The largest absolute Gasteiger partial charge is 0.478 e. The molecule has 1 unspecified atom stereocenters. The van der Waals surface area contributed by atoms with Crippen LogP contribution in [0.4, 0.5) is 13.2 Å². The molecule has 0 aliphatic carbocycles. The van der Waals surface area contributed by atoms with E-state index in [0.717, 1.165) is 0 Å². The molecule has 0 fully saturated rings. The third kappa shape index (κ3) is 5.10. The summed E-state index contributed by atoms with van der Waals surface area (Å²) < 4.78 is 50.6. The molecule has 2 aromatic heterocycles. The van der Waals surface area contributed by atoms with Gasteiger partial charge in [0.25, 0.3) is 5.88 Å². The monoisotopic (exact) mass is 539 g/mol. The second kappa shape index (κ2) is 10.2. The fraction of sp³-hybridized carbons (Fsp3) is 0.400.